The molecule has 0 aliphatic heterocycles. The Morgan fingerprint density at radius 1 is 1.13 bits per heavy atom. The van der Waals surface area contributed by atoms with Crippen LogP contribution in [0.4, 0.5) is 5.69 Å². The van der Waals surface area contributed by atoms with Gasteiger partial charge in [-0.3, -0.25) is 4.79 Å². The first kappa shape index (κ1) is 19.0. The van der Waals surface area contributed by atoms with Crippen molar-refractivity contribution >= 4 is 24.0 Å². The van der Waals surface area contributed by atoms with E-state index < -0.39 is 0 Å². The van der Waals surface area contributed by atoms with E-state index in [4.69, 9.17) is 4.74 Å². The molecular weight excluding hydrogens is 312 g/mol. The molecule has 2 N–H and O–H groups in total. The molecule has 0 bridgehead atoms. The van der Waals surface area contributed by atoms with Gasteiger partial charge >= 0.3 is 0 Å². The number of carbonyl (C=O) groups is 1. The van der Waals surface area contributed by atoms with E-state index in [2.05, 4.69) is 17.6 Å². The molecule has 0 saturated heterocycles. The summed E-state index contributed by atoms with van der Waals surface area (Å²) in [6, 6.07) is 15.4. The summed E-state index contributed by atoms with van der Waals surface area (Å²) in [6.07, 6.45) is 0.326. The van der Waals surface area contributed by atoms with Crippen molar-refractivity contribution in [3.05, 3.63) is 59.7 Å². The summed E-state index contributed by atoms with van der Waals surface area (Å²) in [5, 5.41) is 6.26. The Balaban J connectivity index is 0.00000264. The highest BCUT2D eigenvalue weighted by molar-refractivity contribution is 5.93. The lowest BCUT2D eigenvalue weighted by Gasteiger charge is -2.11. The first-order chi connectivity index (χ1) is 10.7. The van der Waals surface area contributed by atoms with Gasteiger partial charge in [0.25, 0.3) is 0 Å². The average molecular weight is 335 g/mol. The normalized spacial score (nSPS) is 9.83. The number of rotatable bonds is 7. The third-order valence-corrected chi connectivity index (χ3v) is 3.36. The van der Waals surface area contributed by atoms with E-state index in [1.54, 1.807) is 7.11 Å². The highest BCUT2D eigenvalue weighted by Crippen LogP contribution is 2.17. The number of nitrogens with one attached hydrogen (secondary N) is 2. The maximum absolute atomic E-state index is 12.2. The third-order valence-electron chi connectivity index (χ3n) is 3.36. The summed E-state index contributed by atoms with van der Waals surface area (Å²) in [6.45, 7) is 3.70. The van der Waals surface area contributed by atoms with Gasteiger partial charge in [-0.15, -0.1) is 12.4 Å². The van der Waals surface area contributed by atoms with Gasteiger partial charge in [-0.2, -0.15) is 0 Å². The van der Waals surface area contributed by atoms with E-state index in [0.29, 0.717) is 6.42 Å². The molecule has 0 fully saturated rings. The van der Waals surface area contributed by atoms with E-state index in [9.17, 15) is 4.79 Å². The number of amides is 1. The molecule has 2 aromatic carbocycles. The average Bonchev–Trinajstić information content (AvgIpc) is 2.54. The smallest absolute Gasteiger partial charge is 0.228 e. The zero-order chi connectivity index (χ0) is 15.8. The molecule has 1 amide bonds. The van der Waals surface area contributed by atoms with Crippen molar-refractivity contribution in [2.75, 3.05) is 19.0 Å². The second-order valence-electron chi connectivity index (χ2n) is 5.01. The first-order valence-electron chi connectivity index (χ1n) is 7.44. The molecule has 0 aliphatic rings. The van der Waals surface area contributed by atoms with E-state index in [1.165, 1.54) is 0 Å². The fourth-order valence-electron chi connectivity index (χ4n) is 2.22. The lowest BCUT2D eigenvalue weighted by molar-refractivity contribution is -0.115. The highest BCUT2D eigenvalue weighted by atomic mass is 35.5. The lowest BCUT2D eigenvalue weighted by atomic mass is 10.1. The Morgan fingerprint density at radius 3 is 2.65 bits per heavy atom. The van der Waals surface area contributed by atoms with Crippen molar-refractivity contribution < 1.29 is 9.53 Å². The number of anilines is 1. The fraction of sp³-hybridized carbons (Fsp3) is 0.278. The molecule has 0 atom stereocenters. The second kappa shape index (κ2) is 9.87. The van der Waals surface area contributed by atoms with Gasteiger partial charge in [0.15, 0.2) is 0 Å². The standard InChI is InChI=1S/C18H22N2O2.ClH/c1-3-19-13-15-8-4-5-10-17(15)20-18(21)12-14-7-6-9-16(11-14)22-2;/h4-11,19H,3,12-13H2,1-2H3,(H,20,21);1H. The number of benzene rings is 2. The van der Waals surface area contributed by atoms with Crippen LogP contribution < -0.4 is 15.4 Å². The number of ether oxygens (including phenoxy) is 1. The summed E-state index contributed by atoms with van der Waals surface area (Å²) in [5.41, 5.74) is 2.88. The summed E-state index contributed by atoms with van der Waals surface area (Å²) in [5.74, 6) is 0.732. The Labute approximate surface area is 143 Å². The minimum Gasteiger partial charge on any atom is -0.497 e. The van der Waals surface area contributed by atoms with Crippen LogP contribution in [-0.2, 0) is 17.8 Å². The van der Waals surface area contributed by atoms with Gasteiger partial charge in [0.05, 0.1) is 13.5 Å². The maximum Gasteiger partial charge on any atom is 0.228 e. The largest absolute Gasteiger partial charge is 0.497 e. The van der Waals surface area contributed by atoms with E-state index in [1.807, 2.05) is 48.5 Å². The number of hydrogen-bond donors (Lipinski definition) is 2. The van der Waals surface area contributed by atoms with Gasteiger partial charge in [-0.25, -0.2) is 0 Å². The molecule has 124 valence electrons. The van der Waals surface area contributed by atoms with Gasteiger partial charge in [0.2, 0.25) is 5.91 Å². The van der Waals surface area contributed by atoms with Crippen LogP contribution in [0.5, 0.6) is 5.75 Å². The molecule has 4 nitrogen and oxygen atoms in total. The molecular formula is C18H23ClN2O2. The van der Waals surface area contributed by atoms with Crippen LogP contribution in [0.15, 0.2) is 48.5 Å². The second-order valence-corrected chi connectivity index (χ2v) is 5.01. The molecule has 0 aromatic heterocycles. The van der Waals surface area contributed by atoms with Crippen molar-refractivity contribution in [1.29, 1.82) is 0 Å². The predicted octanol–water partition coefficient (Wildman–Crippen LogP) is 3.41. The van der Waals surface area contributed by atoms with E-state index >= 15 is 0 Å². The Bertz CT molecular complexity index is 632. The minimum atomic E-state index is -0.0304. The fourth-order valence-corrected chi connectivity index (χ4v) is 2.22. The number of methoxy groups -OCH3 is 1. The van der Waals surface area contributed by atoms with Crippen LogP contribution >= 0.6 is 12.4 Å². The van der Waals surface area contributed by atoms with Crippen LogP contribution in [0.1, 0.15) is 18.1 Å². The molecule has 0 heterocycles. The monoisotopic (exact) mass is 334 g/mol. The Hall–Kier alpha value is -2.04. The minimum absolute atomic E-state index is 0. The molecule has 2 aromatic rings. The zero-order valence-electron chi connectivity index (χ0n) is 13.5. The molecule has 2 rings (SSSR count). The van der Waals surface area contributed by atoms with Crippen LogP contribution in [0, 0.1) is 0 Å². The topological polar surface area (TPSA) is 50.4 Å². The summed E-state index contributed by atoms with van der Waals surface area (Å²) >= 11 is 0. The van der Waals surface area contributed by atoms with Crippen LogP contribution in [0.25, 0.3) is 0 Å². The SMILES string of the molecule is CCNCc1ccccc1NC(=O)Cc1cccc(OC)c1.Cl. The summed E-state index contributed by atoms with van der Waals surface area (Å²) < 4.78 is 5.18. The molecule has 23 heavy (non-hydrogen) atoms. The first-order valence-corrected chi connectivity index (χ1v) is 7.44. The van der Waals surface area contributed by atoms with Gasteiger partial charge in [-0.1, -0.05) is 37.3 Å². The summed E-state index contributed by atoms with van der Waals surface area (Å²) in [4.78, 5) is 12.2. The number of para-hydroxylation sites is 1. The van der Waals surface area contributed by atoms with Gasteiger partial charge < -0.3 is 15.4 Å². The van der Waals surface area contributed by atoms with Crippen LogP contribution in [0.3, 0.4) is 0 Å². The summed E-state index contributed by atoms with van der Waals surface area (Å²) in [7, 11) is 1.62. The number of hydrogen-bond acceptors (Lipinski definition) is 3. The van der Waals surface area contributed by atoms with Gasteiger partial charge in [0, 0.05) is 12.2 Å². The van der Waals surface area contributed by atoms with Crippen molar-refractivity contribution in [3.8, 4) is 5.75 Å². The predicted molar refractivity (Wildman–Crippen MR) is 96.4 cm³/mol. The van der Waals surface area contributed by atoms with Crippen molar-refractivity contribution in [2.45, 2.75) is 19.9 Å². The highest BCUT2D eigenvalue weighted by Gasteiger charge is 2.08. The quantitative estimate of drug-likeness (QED) is 0.816. The van der Waals surface area contributed by atoms with Crippen molar-refractivity contribution in [3.63, 3.8) is 0 Å². The maximum atomic E-state index is 12.2. The number of halogens is 1. The molecule has 0 saturated carbocycles. The third kappa shape index (κ3) is 5.93. The molecule has 0 radical (unpaired) electrons. The Kier molecular flexibility index (Phi) is 8.16. The molecule has 5 heteroatoms. The lowest BCUT2D eigenvalue weighted by Crippen LogP contribution is -2.18. The molecule has 0 unspecified atom stereocenters. The van der Waals surface area contributed by atoms with Crippen LogP contribution in [0.2, 0.25) is 0 Å². The van der Waals surface area contributed by atoms with Gasteiger partial charge in [-0.05, 0) is 35.9 Å². The van der Waals surface area contributed by atoms with Crippen LogP contribution in [-0.4, -0.2) is 19.6 Å². The van der Waals surface area contributed by atoms with Gasteiger partial charge in [0.1, 0.15) is 5.75 Å². The molecule has 0 spiro atoms. The number of carbonyl (C=O) groups excluding carboxylic acids is 1. The zero-order valence-corrected chi connectivity index (χ0v) is 14.3. The molecule has 0 aliphatic carbocycles. The van der Waals surface area contributed by atoms with Crippen molar-refractivity contribution in [1.82, 2.24) is 5.32 Å². The van der Waals surface area contributed by atoms with E-state index in [-0.39, 0.29) is 18.3 Å². The Morgan fingerprint density at radius 2 is 1.91 bits per heavy atom. The van der Waals surface area contributed by atoms with E-state index in [0.717, 1.165) is 35.7 Å². The van der Waals surface area contributed by atoms with Crippen molar-refractivity contribution in [2.24, 2.45) is 0 Å².